The van der Waals surface area contributed by atoms with E-state index in [9.17, 15) is 0 Å². The normalized spacial score (nSPS) is 25.1. The van der Waals surface area contributed by atoms with Crippen molar-refractivity contribution in [3.63, 3.8) is 0 Å². The molecule has 0 aliphatic heterocycles. The van der Waals surface area contributed by atoms with Crippen molar-refractivity contribution in [2.75, 3.05) is 6.56 Å². The summed E-state index contributed by atoms with van der Waals surface area (Å²) >= 11 is 0. The summed E-state index contributed by atoms with van der Waals surface area (Å²) < 4.78 is 20.4. The molecular weight excluding hydrogens is 104 g/mol. The average Bonchev–Trinajstić information content (AvgIpc) is 1.81. The van der Waals surface area contributed by atoms with Gasteiger partial charge in [-0.3, -0.25) is 0 Å². The van der Waals surface area contributed by atoms with Gasteiger partial charge in [0.2, 0.25) is 0 Å². The van der Waals surface area contributed by atoms with Crippen LogP contribution in [0.4, 0.5) is 0 Å². The number of hydrogen-bond acceptors (Lipinski definition) is 2. The van der Waals surface area contributed by atoms with Crippen molar-refractivity contribution in [2.24, 2.45) is 0 Å². The molecule has 0 heterocycles. The Labute approximate surface area is 54.4 Å². The molecule has 0 fully saturated rings. The molecule has 0 saturated carbocycles. The fourth-order valence-corrected chi connectivity index (χ4v) is 0.400. The lowest BCUT2D eigenvalue weighted by Gasteiger charge is -2.02. The highest BCUT2D eigenvalue weighted by molar-refractivity contribution is 4.50. The maximum Gasteiger partial charge on any atom is 0.0770 e. The maximum absolute atomic E-state index is 9.02. The van der Waals surface area contributed by atoms with E-state index in [0.29, 0.717) is 6.42 Å². The second-order valence-corrected chi connectivity index (χ2v) is 1.66. The third-order valence-corrected chi connectivity index (χ3v) is 0.896. The van der Waals surface area contributed by atoms with Crippen LogP contribution in [0.1, 0.15) is 30.3 Å². The first-order chi connectivity index (χ1) is 4.81. The van der Waals surface area contributed by atoms with E-state index in [4.69, 9.17) is 14.3 Å². The fourth-order valence-electron chi connectivity index (χ4n) is 0.400. The van der Waals surface area contributed by atoms with Gasteiger partial charge in [-0.25, -0.2) is 0 Å². The first-order valence-electron chi connectivity index (χ1n) is 4.26. The van der Waals surface area contributed by atoms with E-state index in [2.05, 4.69) is 0 Å². The van der Waals surface area contributed by atoms with Crippen LogP contribution in [-0.2, 0) is 0 Å². The highest BCUT2D eigenvalue weighted by atomic mass is 16.3. The van der Waals surface area contributed by atoms with E-state index in [0.717, 1.165) is 6.42 Å². The molecule has 1 atom stereocenters. The van der Waals surface area contributed by atoms with Gasteiger partial charge in [-0.05, 0) is 6.42 Å². The van der Waals surface area contributed by atoms with Crippen molar-refractivity contribution in [2.45, 2.75) is 32.3 Å². The SMILES string of the molecule is [2H]C([2H])(O)C([2H])(O)CCCC. The van der Waals surface area contributed by atoms with Crippen molar-refractivity contribution in [1.29, 1.82) is 0 Å². The van der Waals surface area contributed by atoms with E-state index in [1.165, 1.54) is 0 Å². The van der Waals surface area contributed by atoms with Gasteiger partial charge in [-0.1, -0.05) is 19.8 Å². The zero-order chi connectivity index (χ0) is 9.12. The highest BCUT2D eigenvalue weighted by Gasteiger charge is 1.97. The topological polar surface area (TPSA) is 40.5 Å². The van der Waals surface area contributed by atoms with Crippen molar-refractivity contribution >= 4 is 0 Å². The lowest BCUT2D eigenvalue weighted by atomic mass is 10.2. The number of aliphatic hydroxyl groups is 2. The van der Waals surface area contributed by atoms with Gasteiger partial charge >= 0.3 is 0 Å². The Morgan fingerprint density at radius 1 is 1.88 bits per heavy atom. The summed E-state index contributed by atoms with van der Waals surface area (Å²) in [5.74, 6) is 0. The zero-order valence-corrected chi connectivity index (χ0v) is 5.02. The van der Waals surface area contributed by atoms with E-state index in [1.54, 1.807) is 0 Å². The predicted molar refractivity (Wildman–Crippen MR) is 32.6 cm³/mol. The van der Waals surface area contributed by atoms with Crippen LogP contribution < -0.4 is 0 Å². The predicted octanol–water partition coefficient (Wildman–Crippen LogP) is 0.530. The fraction of sp³-hybridized carbons (Fsp3) is 1.00. The molecule has 1 unspecified atom stereocenters. The average molecular weight is 121 g/mol. The molecule has 2 nitrogen and oxygen atoms in total. The van der Waals surface area contributed by atoms with Crippen LogP contribution in [-0.4, -0.2) is 22.9 Å². The Kier molecular flexibility index (Phi) is 2.44. The van der Waals surface area contributed by atoms with Gasteiger partial charge in [0.25, 0.3) is 0 Å². The van der Waals surface area contributed by atoms with Gasteiger partial charge in [0.05, 0.1) is 16.8 Å². The lowest BCUT2D eigenvalue weighted by molar-refractivity contribution is 0.0865. The minimum atomic E-state index is -2.83. The van der Waals surface area contributed by atoms with Gasteiger partial charge in [-0.15, -0.1) is 0 Å². The summed E-state index contributed by atoms with van der Waals surface area (Å²) in [6.07, 6.45) is -1.13. The van der Waals surface area contributed by atoms with Gasteiger partial charge < -0.3 is 10.2 Å². The molecule has 0 amide bonds. The molecule has 2 heteroatoms. The van der Waals surface area contributed by atoms with Crippen LogP contribution in [0.2, 0.25) is 0 Å². The minimum absolute atomic E-state index is 0.0486. The van der Waals surface area contributed by atoms with Gasteiger partial charge in [-0.2, -0.15) is 0 Å². The summed E-state index contributed by atoms with van der Waals surface area (Å²) in [6.45, 7) is -0.967. The molecule has 0 bridgehead atoms. The Morgan fingerprint density at radius 3 is 2.88 bits per heavy atom. The van der Waals surface area contributed by atoms with Crippen molar-refractivity contribution in [3.8, 4) is 0 Å². The van der Waals surface area contributed by atoms with Crippen LogP contribution in [0.25, 0.3) is 0 Å². The van der Waals surface area contributed by atoms with E-state index in [1.807, 2.05) is 6.92 Å². The minimum Gasteiger partial charge on any atom is -0.394 e. The molecule has 0 radical (unpaired) electrons. The molecule has 0 saturated heterocycles. The number of rotatable bonds is 4. The van der Waals surface area contributed by atoms with Gasteiger partial charge in [0, 0.05) is 0 Å². The van der Waals surface area contributed by atoms with Crippen LogP contribution in [0, 0.1) is 0 Å². The zero-order valence-electron chi connectivity index (χ0n) is 8.02. The molecule has 8 heavy (non-hydrogen) atoms. The van der Waals surface area contributed by atoms with E-state index in [-0.39, 0.29) is 6.42 Å². The third kappa shape index (κ3) is 4.09. The number of hydrogen-bond donors (Lipinski definition) is 2. The molecule has 0 rings (SSSR count). The standard InChI is InChI=1S/C6H14O2/c1-2-3-4-6(8)5-7/h6-8H,2-5H2,1H3/i5D2,6D. The van der Waals surface area contributed by atoms with Crippen LogP contribution in [0.3, 0.4) is 0 Å². The Bertz CT molecular complexity index is 119. The molecule has 0 spiro atoms. The monoisotopic (exact) mass is 121 g/mol. The Morgan fingerprint density at radius 2 is 2.50 bits per heavy atom. The Balaban J connectivity index is 4.00. The molecule has 0 aliphatic rings. The lowest BCUT2D eigenvalue weighted by Crippen LogP contribution is -2.10. The maximum atomic E-state index is 9.02. The molecule has 2 N–H and O–H groups in total. The summed E-state index contributed by atoms with van der Waals surface area (Å²) in [5, 5.41) is 17.7. The molecule has 50 valence electrons. The quantitative estimate of drug-likeness (QED) is 0.569. The second-order valence-electron chi connectivity index (χ2n) is 1.66. The summed E-state index contributed by atoms with van der Waals surface area (Å²) in [4.78, 5) is 0. The molecule has 0 aromatic rings. The Hall–Kier alpha value is -0.0800. The van der Waals surface area contributed by atoms with Crippen LogP contribution >= 0.6 is 0 Å². The first kappa shape index (κ1) is 3.85. The van der Waals surface area contributed by atoms with Crippen molar-refractivity contribution < 1.29 is 14.3 Å². The van der Waals surface area contributed by atoms with Gasteiger partial charge in [0.1, 0.15) is 0 Å². The van der Waals surface area contributed by atoms with E-state index < -0.39 is 12.6 Å². The van der Waals surface area contributed by atoms with Crippen LogP contribution in [0.5, 0.6) is 0 Å². The smallest absolute Gasteiger partial charge is 0.0770 e. The van der Waals surface area contributed by atoms with Crippen molar-refractivity contribution in [1.82, 2.24) is 0 Å². The van der Waals surface area contributed by atoms with Crippen LogP contribution in [0.15, 0.2) is 0 Å². The molecular formula is C6H14O2. The summed E-state index contributed by atoms with van der Waals surface area (Å²) in [6, 6.07) is 0. The molecule has 0 aromatic carbocycles. The van der Waals surface area contributed by atoms with Crippen molar-refractivity contribution in [3.05, 3.63) is 0 Å². The molecule has 0 aliphatic carbocycles. The largest absolute Gasteiger partial charge is 0.394 e. The first-order valence-corrected chi connectivity index (χ1v) is 2.76. The number of unbranched alkanes of at least 4 members (excludes halogenated alkanes) is 1. The third-order valence-electron chi connectivity index (χ3n) is 0.896. The highest BCUT2D eigenvalue weighted by Crippen LogP contribution is 1.97. The summed E-state index contributed by atoms with van der Waals surface area (Å²) in [7, 11) is 0. The molecule has 0 aromatic heterocycles. The van der Waals surface area contributed by atoms with E-state index >= 15 is 0 Å². The summed E-state index contributed by atoms with van der Waals surface area (Å²) in [5.41, 5.74) is 0. The van der Waals surface area contributed by atoms with Gasteiger partial charge in [0.15, 0.2) is 0 Å². The second kappa shape index (κ2) is 5.06.